The summed E-state index contributed by atoms with van der Waals surface area (Å²) in [4.78, 5) is 2.49. The molecule has 3 heteroatoms. The number of nitriles is 2. The third-order valence-electron chi connectivity index (χ3n) is 4.72. The lowest BCUT2D eigenvalue weighted by molar-refractivity contribution is 0.593. The van der Waals surface area contributed by atoms with Crippen LogP contribution in [-0.2, 0) is 0 Å². The van der Waals surface area contributed by atoms with E-state index in [9.17, 15) is 0 Å². The van der Waals surface area contributed by atoms with Gasteiger partial charge in [0.25, 0.3) is 0 Å². The topological polar surface area (TPSA) is 50.8 Å². The fourth-order valence-corrected chi connectivity index (χ4v) is 3.07. The van der Waals surface area contributed by atoms with Gasteiger partial charge in [-0.2, -0.15) is 10.5 Å². The lowest BCUT2D eigenvalue weighted by Gasteiger charge is -2.25. The summed E-state index contributed by atoms with van der Waals surface area (Å²) in [6, 6.07) is 10.2. The molecule has 0 aliphatic heterocycles. The Kier molecular flexibility index (Phi) is 10.9. The van der Waals surface area contributed by atoms with Gasteiger partial charge in [-0.3, -0.25) is 0 Å². The van der Waals surface area contributed by atoms with E-state index in [1.165, 1.54) is 57.1 Å². The van der Waals surface area contributed by atoms with Crippen LogP contribution >= 0.6 is 0 Å². The zero-order chi connectivity index (χ0) is 19.2. The Balaban J connectivity index is 2.77. The lowest BCUT2D eigenvalue weighted by atomic mass is 10.0. The van der Waals surface area contributed by atoms with Crippen LogP contribution < -0.4 is 4.90 Å². The zero-order valence-corrected chi connectivity index (χ0v) is 16.7. The van der Waals surface area contributed by atoms with Gasteiger partial charge in [-0.1, -0.05) is 58.4 Å². The molecule has 0 heterocycles. The number of anilines is 1. The number of hydrogen-bond acceptors (Lipinski definition) is 3. The highest BCUT2D eigenvalue weighted by molar-refractivity contribution is 5.66. The van der Waals surface area contributed by atoms with Crippen LogP contribution in [0.25, 0.3) is 6.08 Å². The third kappa shape index (κ3) is 7.75. The minimum Gasteiger partial charge on any atom is -0.372 e. The fourth-order valence-electron chi connectivity index (χ4n) is 3.07. The van der Waals surface area contributed by atoms with E-state index in [4.69, 9.17) is 10.5 Å². The Morgan fingerprint density at radius 1 is 0.923 bits per heavy atom. The van der Waals surface area contributed by atoms with Crippen molar-refractivity contribution in [3.8, 4) is 12.1 Å². The Hall–Kier alpha value is -2.26. The van der Waals surface area contributed by atoms with E-state index in [2.05, 4.69) is 30.9 Å². The van der Waals surface area contributed by atoms with Crippen molar-refractivity contribution in [1.29, 1.82) is 10.5 Å². The van der Waals surface area contributed by atoms with E-state index in [1.807, 2.05) is 25.1 Å². The summed E-state index contributed by atoms with van der Waals surface area (Å²) < 4.78 is 0. The molecule has 1 rings (SSSR count). The predicted molar refractivity (Wildman–Crippen MR) is 111 cm³/mol. The highest BCUT2D eigenvalue weighted by atomic mass is 15.1. The number of unbranched alkanes of at least 4 members (excludes halogenated alkanes) is 6. The van der Waals surface area contributed by atoms with Crippen LogP contribution in [0.4, 0.5) is 5.69 Å². The fraction of sp³-hybridized carbons (Fsp3) is 0.565. The van der Waals surface area contributed by atoms with E-state index in [-0.39, 0.29) is 5.57 Å². The quantitative estimate of drug-likeness (QED) is 0.324. The van der Waals surface area contributed by atoms with Crippen LogP contribution in [0.15, 0.2) is 23.8 Å². The van der Waals surface area contributed by atoms with E-state index in [0.29, 0.717) is 0 Å². The van der Waals surface area contributed by atoms with E-state index in [0.717, 1.165) is 24.2 Å². The largest absolute Gasteiger partial charge is 0.372 e. The normalized spacial score (nSPS) is 10.0. The maximum Gasteiger partial charge on any atom is 0.130 e. The number of benzene rings is 1. The highest BCUT2D eigenvalue weighted by Gasteiger charge is 2.08. The molecule has 1 aromatic rings. The van der Waals surface area contributed by atoms with Crippen molar-refractivity contribution in [2.24, 2.45) is 0 Å². The van der Waals surface area contributed by atoms with Crippen LogP contribution in [0, 0.1) is 29.6 Å². The second-order valence-electron chi connectivity index (χ2n) is 6.93. The molecule has 0 spiro atoms. The molecule has 0 saturated carbocycles. The van der Waals surface area contributed by atoms with Crippen LogP contribution in [0.5, 0.6) is 0 Å². The summed E-state index contributed by atoms with van der Waals surface area (Å²) in [5, 5.41) is 17.9. The Morgan fingerprint density at radius 3 is 2.15 bits per heavy atom. The van der Waals surface area contributed by atoms with Crippen LogP contribution in [0.2, 0.25) is 0 Å². The smallest absolute Gasteiger partial charge is 0.130 e. The molecule has 0 amide bonds. The first kappa shape index (κ1) is 21.8. The van der Waals surface area contributed by atoms with Crippen molar-refractivity contribution in [2.75, 3.05) is 18.0 Å². The summed E-state index contributed by atoms with van der Waals surface area (Å²) in [7, 11) is 0. The van der Waals surface area contributed by atoms with Crippen molar-refractivity contribution >= 4 is 11.8 Å². The van der Waals surface area contributed by atoms with Crippen LogP contribution in [0.1, 0.15) is 76.3 Å². The number of rotatable bonds is 12. The van der Waals surface area contributed by atoms with E-state index < -0.39 is 0 Å². The molecule has 0 aliphatic carbocycles. The first-order valence-corrected chi connectivity index (χ1v) is 10.0. The average Bonchev–Trinajstić information content (AvgIpc) is 2.66. The molecule has 0 fully saturated rings. The van der Waals surface area contributed by atoms with Gasteiger partial charge in [-0.15, -0.1) is 0 Å². The van der Waals surface area contributed by atoms with Gasteiger partial charge in [0, 0.05) is 18.8 Å². The van der Waals surface area contributed by atoms with Crippen molar-refractivity contribution in [1.82, 2.24) is 0 Å². The third-order valence-corrected chi connectivity index (χ3v) is 4.72. The maximum absolute atomic E-state index is 8.94. The first-order chi connectivity index (χ1) is 12.7. The van der Waals surface area contributed by atoms with E-state index in [1.54, 1.807) is 6.08 Å². The number of allylic oxidation sites excluding steroid dienone is 1. The monoisotopic (exact) mass is 351 g/mol. The SMILES string of the molecule is CCCCCCCCN(CCCC)c1ccc(C=C(C#N)C#N)c(C)c1. The Bertz CT molecular complexity index is 630. The predicted octanol–water partition coefficient (Wildman–Crippen LogP) is 6.39. The summed E-state index contributed by atoms with van der Waals surface area (Å²) in [6.45, 7) is 8.71. The minimum absolute atomic E-state index is 0.149. The Labute approximate surface area is 159 Å². The second-order valence-corrected chi connectivity index (χ2v) is 6.93. The second kappa shape index (κ2) is 13.0. The number of nitrogens with zero attached hydrogens (tertiary/aromatic N) is 3. The van der Waals surface area contributed by atoms with Crippen LogP contribution in [0.3, 0.4) is 0 Å². The van der Waals surface area contributed by atoms with Gasteiger partial charge in [0.2, 0.25) is 0 Å². The van der Waals surface area contributed by atoms with Gasteiger partial charge >= 0.3 is 0 Å². The van der Waals surface area contributed by atoms with Crippen LogP contribution in [-0.4, -0.2) is 13.1 Å². The molecule has 0 aromatic heterocycles. The van der Waals surface area contributed by atoms with Gasteiger partial charge in [0.1, 0.15) is 17.7 Å². The molecule has 140 valence electrons. The number of aryl methyl sites for hydroxylation is 1. The molecule has 0 N–H and O–H groups in total. The molecule has 1 aromatic carbocycles. The van der Waals surface area contributed by atoms with Gasteiger partial charge in [-0.05, 0) is 49.1 Å². The molecule has 0 atom stereocenters. The maximum atomic E-state index is 8.94. The summed E-state index contributed by atoms with van der Waals surface area (Å²) in [6.07, 6.45) is 11.9. The molecular formula is C23H33N3. The highest BCUT2D eigenvalue weighted by Crippen LogP contribution is 2.22. The Morgan fingerprint density at radius 2 is 1.54 bits per heavy atom. The van der Waals surface area contributed by atoms with Crippen molar-refractivity contribution in [3.63, 3.8) is 0 Å². The number of hydrogen-bond donors (Lipinski definition) is 0. The summed E-state index contributed by atoms with van der Waals surface area (Å²) >= 11 is 0. The van der Waals surface area contributed by atoms with Crippen molar-refractivity contribution in [2.45, 2.75) is 72.1 Å². The molecule has 3 nitrogen and oxygen atoms in total. The van der Waals surface area contributed by atoms with Crippen molar-refractivity contribution < 1.29 is 0 Å². The summed E-state index contributed by atoms with van der Waals surface area (Å²) in [5.74, 6) is 0. The summed E-state index contributed by atoms with van der Waals surface area (Å²) in [5.41, 5.74) is 3.45. The molecule has 0 unspecified atom stereocenters. The first-order valence-electron chi connectivity index (χ1n) is 10.0. The van der Waals surface area contributed by atoms with E-state index >= 15 is 0 Å². The van der Waals surface area contributed by atoms with Crippen molar-refractivity contribution in [3.05, 3.63) is 34.9 Å². The standard InChI is InChI=1S/C23H33N3/c1-4-6-8-9-10-11-15-26(14-7-5-2)23-13-12-22(20(3)16-23)17-21(18-24)19-25/h12-13,16-17H,4-11,14-15H2,1-3H3. The molecule has 0 radical (unpaired) electrons. The average molecular weight is 352 g/mol. The van der Waals surface area contributed by atoms with Gasteiger partial charge in [0.15, 0.2) is 0 Å². The lowest BCUT2D eigenvalue weighted by Crippen LogP contribution is -2.25. The molecular weight excluding hydrogens is 318 g/mol. The van der Waals surface area contributed by atoms with Gasteiger partial charge in [0.05, 0.1) is 0 Å². The minimum atomic E-state index is 0.149. The zero-order valence-electron chi connectivity index (χ0n) is 16.7. The van der Waals surface area contributed by atoms with Gasteiger partial charge in [-0.25, -0.2) is 0 Å². The van der Waals surface area contributed by atoms with Gasteiger partial charge < -0.3 is 4.90 Å². The molecule has 0 saturated heterocycles. The molecule has 0 aliphatic rings. The molecule has 26 heavy (non-hydrogen) atoms. The molecule has 0 bridgehead atoms.